The van der Waals surface area contributed by atoms with Crippen molar-refractivity contribution in [3.63, 3.8) is 0 Å². The molecule has 0 N–H and O–H groups in total. The lowest BCUT2D eigenvalue weighted by Crippen LogP contribution is -2.26. The third-order valence-electron chi connectivity index (χ3n) is 2.49. The second-order valence-corrected chi connectivity index (χ2v) is 6.30. The topological polar surface area (TPSA) is 26.3 Å². The molecule has 104 valence electrons. The normalized spacial score (nSPS) is 20.1. The maximum absolute atomic E-state index is 12.3. The molecule has 0 aromatic heterocycles. The van der Waals surface area contributed by atoms with E-state index >= 15 is 0 Å². The van der Waals surface area contributed by atoms with E-state index in [1.165, 1.54) is 36.0 Å². The van der Waals surface area contributed by atoms with Gasteiger partial charge < -0.3 is 4.74 Å². The van der Waals surface area contributed by atoms with Crippen LogP contribution in [0.3, 0.4) is 0 Å². The van der Waals surface area contributed by atoms with E-state index in [0.717, 1.165) is 11.5 Å². The van der Waals surface area contributed by atoms with E-state index in [4.69, 9.17) is 0 Å². The molecule has 1 fully saturated rings. The number of carbonyl (C=O) groups excluding carboxylic acids is 1. The second-order valence-electron chi connectivity index (χ2n) is 3.84. The van der Waals surface area contributed by atoms with Crippen molar-refractivity contribution in [3.05, 3.63) is 29.8 Å². The van der Waals surface area contributed by atoms with Gasteiger partial charge in [0.2, 0.25) is 0 Å². The molecule has 2 rings (SSSR count). The molecule has 7 heteroatoms. The van der Waals surface area contributed by atoms with Gasteiger partial charge in [0.15, 0.2) is 5.78 Å². The quantitative estimate of drug-likeness (QED) is 0.797. The number of hydrogen-bond donors (Lipinski definition) is 0. The van der Waals surface area contributed by atoms with Gasteiger partial charge in [-0.25, -0.2) is 0 Å². The summed E-state index contributed by atoms with van der Waals surface area (Å²) in [5.74, 6) is 1.72. The van der Waals surface area contributed by atoms with Crippen molar-refractivity contribution in [2.75, 3.05) is 17.3 Å². The summed E-state index contributed by atoms with van der Waals surface area (Å²) in [6.45, 7) is 0. The van der Waals surface area contributed by atoms with Crippen LogP contribution < -0.4 is 4.74 Å². The Morgan fingerprint density at radius 3 is 2.63 bits per heavy atom. The molecule has 1 saturated heterocycles. The third-order valence-corrected chi connectivity index (χ3v) is 5.24. The summed E-state index contributed by atoms with van der Waals surface area (Å²) in [6.07, 6.45) is -4.79. The highest BCUT2D eigenvalue weighted by Gasteiger charge is 2.34. The van der Waals surface area contributed by atoms with Crippen molar-refractivity contribution in [2.45, 2.75) is 11.6 Å². The molecule has 1 heterocycles. The Kier molecular flexibility index (Phi) is 4.67. The molecule has 1 aromatic rings. The number of Topliss-reactive ketones (excluding diaryl/α,β-unsaturated/α-hetero) is 1. The molecular weight excluding hydrogens is 297 g/mol. The van der Waals surface area contributed by atoms with E-state index in [1.54, 1.807) is 11.8 Å². The molecule has 1 atom stereocenters. The SMILES string of the molecule is O=C(c1ccccc1OC(F)(F)F)C1CSCCS1. The van der Waals surface area contributed by atoms with Crippen molar-refractivity contribution < 1.29 is 22.7 Å². The minimum atomic E-state index is -4.79. The Bertz CT molecular complexity index is 457. The van der Waals surface area contributed by atoms with Crippen LogP contribution in [0.2, 0.25) is 0 Å². The van der Waals surface area contributed by atoms with Gasteiger partial charge >= 0.3 is 6.36 Å². The second kappa shape index (κ2) is 6.09. The maximum atomic E-state index is 12.3. The van der Waals surface area contributed by atoms with Gasteiger partial charge in [-0.05, 0) is 12.1 Å². The number of thioether (sulfide) groups is 2. The monoisotopic (exact) mass is 308 g/mol. The number of ether oxygens (including phenoxy) is 1. The Labute approximate surface area is 117 Å². The van der Waals surface area contributed by atoms with Gasteiger partial charge in [0, 0.05) is 17.3 Å². The highest BCUT2D eigenvalue weighted by molar-refractivity contribution is 8.07. The summed E-state index contributed by atoms with van der Waals surface area (Å²) in [5.41, 5.74) is -0.000162. The lowest BCUT2D eigenvalue weighted by atomic mass is 10.1. The number of ketones is 1. The van der Waals surface area contributed by atoms with Gasteiger partial charge in [0.25, 0.3) is 0 Å². The Balaban J connectivity index is 2.21. The summed E-state index contributed by atoms with van der Waals surface area (Å²) in [7, 11) is 0. The number of carbonyl (C=O) groups is 1. The first kappa shape index (κ1) is 14.6. The van der Waals surface area contributed by atoms with E-state index in [-0.39, 0.29) is 16.6 Å². The zero-order chi connectivity index (χ0) is 13.9. The van der Waals surface area contributed by atoms with Crippen LogP contribution >= 0.6 is 23.5 Å². The smallest absolute Gasteiger partial charge is 0.405 e. The first-order valence-corrected chi connectivity index (χ1v) is 7.76. The fraction of sp³-hybridized carbons (Fsp3) is 0.417. The van der Waals surface area contributed by atoms with Gasteiger partial charge in [-0.3, -0.25) is 4.79 Å². The van der Waals surface area contributed by atoms with Gasteiger partial charge in [0.1, 0.15) is 5.75 Å². The number of rotatable bonds is 3. The van der Waals surface area contributed by atoms with Crippen molar-refractivity contribution in [1.29, 1.82) is 0 Å². The fourth-order valence-electron chi connectivity index (χ4n) is 1.70. The lowest BCUT2D eigenvalue weighted by Gasteiger charge is -2.21. The molecule has 2 nitrogen and oxygen atoms in total. The minimum Gasteiger partial charge on any atom is -0.405 e. The molecule has 0 spiro atoms. The highest BCUT2D eigenvalue weighted by Crippen LogP contribution is 2.32. The van der Waals surface area contributed by atoms with E-state index < -0.39 is 12.1 Å². The van der Waals surface area contributed by atoms with Crippen LogP contribution in [-0.2, 0) is 0 Å². The predicted molar refractivity (Wildman–Crippen MR) is 71.0 cm³/mol. The zero-order valence-corrected chi connectivity index (χ0v) is 11.4. The van der Waals surface area contributed by atoms with Crippen LogP contribution in [0.1, 0.15) is 10.4 Å². The van der Waals surface area contributed by atoms with Crippen LogP contribution in [-0.4, -0.2) is 34.7 Å². The molecule has 0 saturated carbocycles. The van der Waals surface area contributed by atoms with Gasteiger partial charge in [-0.2, -0.15) is 11.8 Å². The number of para-hydroxylation sites is 1. The number of halogens is 3. The van der Waals surface area contributed by atoms with Crippen LogP contribution in [0.4, 0.5) is 13.2 Å². The Morgan fingerprint density at radius 2 is 2.00 bits per heavy atom. The molecule has 0 aliphatic carbocycles. The average molecular weight is 308 g/mol. The Hall–Kier alpha value is -0.820. The van der Waals surface area contributed by atoms with Crippen LogP contribution in [0.15, 0.2) is 24.3 Å². The summed E-state index contributed by atoms with van der Waals surface area (Å²) in [4.78, 5) is 12.2. The average Bonchev–Trinajstić information content (AvgIpc) is 2.38. The van der Waals surface area contributed by atoms with Crippen molar-refractivity contribution >= 4 is 29.3 Å². The number of benzene rings is 1. The highest BCUT2D eigenvalue weighted by atomic mass is 32.2. The van der Waals surface area contributed by atoms with Crippen LogP contribution in [0, 0.1) is 0 Å². The van der Waals surface area contributed by atoms with Crippen molar-refractivity contribution in [3.8, 4) is 5.75 Å². The molecule has 1 aliphatic heterocycles. The molecule has 0 bridgehead atoms. The summed E-state index contributed by atoms with van der Waals surface area (Å²) >= 11 is 3.13. The largest absolute Gasteiger partial charge is 0.573 e. The maximum Gasteiger partial charge on any atom is 0.573 e. The first-order chi connectivity index (χ1) is 8.97. The minimum absolute atomic E-state index is 0.000162. The number of hydrogen-bond acceptors (Lipinski definition) is 4. The molecule has 1 unspecified atom stereocenters. The summed E-state index contributed by atoms with van der Waals surface area (Å²) < 4.78 is 40.8. The molecule has 0 amide bonds. The van der Waals surface area contributed by atoms with E-state index in [0.29, 0.717) is 5.75 Å². The summed E-state index contributed by atoms with van der Waals surface area (Å²) in [5, 5.41) is -0.295. The standard InChI is InChI=1S/C12H11F3O2S2/c13-12(14,15)17-9-4-2-1-3-8(9)11(16)10-7-18-5-6-19-10/h1-4,10H,5-7H2. The molecular formula is C12H11F3O2S2. The van der Waals surface area contributed by atoms with Gasteiger partial charge in [0.05, 0.1) is 10.8 Å². The molecule has 1 aliphatic rings. The summed E-state index contributed by atoms with van der Waals surface area (Å²) in [6, 6.07) is 5.50. The predicted octanol–water partition coefficient (Wildman–Crippen LogP) is 3.62. The zero-order valence-electron chi connectivity index (χ0n) is 9.77. The van der Waals surface area contributed by atoms with Gasteiger partial charge in [-0.1, -0.05) is 12.1 Å². The van der Waals surface area contributed by atoms with E-state index in [2.05, 4.69) is 4.74 Å². The fourth-order valence-corrected chi connectivity index (χ4v) is 4.32. The van der Waals surface area contributed by atoms with E-state index in [9.17, 15) is 18.0 Å². The molecule has 1 aromatic carbocycles. The van der Waals surface area contributed by atoms with E-state index in [1.807, 2.05) is 0 Å². The number of alkyl halides is 3. The van der Waals surface area contributed by atoms with Gasteiger partial charge in [-0.15, -0.1) is 24.9 Å². The lowest BCUT2D eigenvalue weighted by molar-refractivity contribution is -0.274. The van der Waals surface area contributed by atoms with Crippen molar-refractivity contribution in [2.24, 2.45) is 0 Å². The third kappa shape index (κ3) is 4.07. The van der Waals surface area contributed by atoms with Crippen molar-refractivity contribution in [1.82, 2.24) is 0 Å². The molecule has 19 heavy (non-hydrogen) atoms. The first-order valence-electron chi connectivity index (χ1n) is 5.56. The van der Waals surface area contributed by atoms with Crippen LogP contribution in [0.25, 0.3) is 0 Å². The van der Waals surface area contributed by atoms with Crippen LogP contribution in [0.5, 0.6) is 5.75 Å². The molecule has 0 radical (unpaired) electrons. The Morgan fingerprint density at radius 1 is 1.26 bits per heavy atom.